The van der Waals surface area contributed by atoms with E-state index in [1.54, 1.807) is 0 Å². The number of rotatable bonds is 3. The van der Waals surface area contributed by atoms with Crippen molar-refractivity contribution in [2.24, 2.45) is 5.92 Å². The van der Waals surface area contributed by atoms with Gasteiger partial charge in [-0.05, 0) is 30.0 Å². The van der Waals surface area contributed by atoms with Crippen LogP contribution in [0.5, 0.6) is 0 Å². The minimum Gasteiger partial charge on any atom is -0.396 e. The van der Waals surface area contributed by atoms with Crippen molar-refractivity contribution in [2.45, 2.75) is 38.1 Å². The van der Waals surface area contributed by atoms with E-state index in [9.17, 15) is 5.11 Å². The molecule has 0 radical (unpaired) electrons. The Balaban J connectivity index is 1.84. The molecule has 4 atom stereocenters. The van der Waals surface area contributed by atoms with E-state index in [2.05, 4.69) is 43.4 Å². The Bertz CT molecular complexity index is 692. The Labute approximate surface area is 132 Å². The minimum absolute atomic E-state index is 0.330. The maximum atomic E-state index is 9.81. The summed E-state index contributed by atoms with van der Waals surface area (Å²) in [6, 6.07) is 7.37. The normalized spacial score (nSPS) is 33.9. The predicted octanol–water partition coefficient (Wildman–Crippen LogP) is 3.05. The first-order valence-corrected chi connectivity index (χ1v) is 8.70. The van der Waals surface area contributed by atoms with Crippen LogP contribution in [-0.4, -0.2) is 47.4 Å². The maximum Gasteiger partial charge on any atom is 0.0999 e. The molecular weight excluding hydrogens is 272 g/mol. The number of aromatic nitrogens is 1. The topological polar surface area (TPSA) is 36.0 Å². The van der Waals surface area contributed by atoms with Crippen LogP contribution in [0.4, 0.5) is 0 Å². The number of nitrogens with zero attached hydrogens (tertiary/aromatic N) is 1. The van der Waals surface area contributed by atoms with Crippen molar-refractivity contribution in [3.63, 3.8) is 0 Å². The van der Waals surface area contributed by atoms with Gasteiger partial charge in [0.1, 0.15) is 0 Å². The number of piperidine rings is 1. The highest BCUT2D eigenvalue weighted by molar-refractivity contribution is 5.88. The second kappa shape index (κ2) is 5.10. The van der Waals surface area contributed by atoms with Crippen LogP contribution in [0, 0.1) is 5.92 Å². The number of hydrogen-bond donors (Lipinski definition) is 2. The van der Waals surface area contributed by atoms with Gasteiger partial charge in [-0.15, -0.1) is 0 Å². The summed E-state index contributed by atoms with van der Waals surface area (Å²) in [5.74, 6) is 1.03. The standard InChI is InChI=1S/C19H27N2O/c1-3-7-21(2)11-13(12-22)8-16-15-5-4-6-17-19(15)14(10-20-17)9-18(16)21/h4-6,10,13,16,18,20,22H,3,7-9,11-12H2,1-2H3/q+1/t13-,16?,18-,21?/m1/s1. The summed E-state index contributed by atoms with van der Waals surface area (Å²) in [7, 11) is 2.42. The molecule has 2 aliphatic rings. The van der Waals surface area contributed by atoms with Gasteiger partial charge in [0.15, 0.2) is 0 Å². The number of H-pyrrole nitrogens is 1. The Kier molecular flexibility index (Phi) is 3.31. The molecule has 0 bridgehead atoms. The molecule has 0 saturated carbocycles. The Hall–Kier alpha value is -1.32. The van der Waals surface area contributed by atoms with E-state index in [1.165, 1.54) is 41.4 Å². The summed E-state index contributed by atoms with van der Waals surface area (Å²) in [6.07, 6.45) is 5.75. The molecule has 3 nitrogen and oxygen atoms in total. The Morgan fingerprint density at radius 3 is 3.00 bits per heavy atom. The first-order chi connectivity index (χ1) is 10.7. The third-order valence-electron chi connectivity index (χ3n) is 6.17. The SMILES string of the molecule is CCC[N+]1(C)C[C@H](CO)CC2c3cccc4[nH]cc(c34)C[C@H]21. The number of aliphatic hydroxyl groups is 1. The minimum atomic E-state index is 0.330. The summed E-state index contributed by atoms with van der Waals surface area (Å²) >= 11 is 0. The maximum absolute atomic E-state index is 9.81. The van der Waals surface area contributed by atoms with E-state index in [4.69, 9.17) is 0 Å². The Morgan fingerprint density at radius 2 is 2.23 bits per heavy atom. The van der Waals surface area contributed by atoms with Gasteiger partial charge in [-0.25, -0.2) is 0 Å². The van der Waals surface area contributed by atoms with Gasteiger partial charge in [-0.2, -0.15) is 0 Å². The van der Waals surface area contributed by atoms with Crippen LogP contribution < -0.4 is 0 Å². The number of benzene rings is 1. The monoisotopic (exact) mass is 299 g/mol. The van der Waals surface area contributed by atoms with Gasteiger partial charge >= 0.3 is 0 Å². The number of fused-ring (bicyclic) bond motifs is 2. The van der Waals surface area contributed by atoms with Crippen molar-refractivity contribution < 1.29 is 9.59 Å². The van der Waals surface area contributed by atoms with Crippen LogP contribution in [0.25, 0.3) is 10.9 Å². The van der Waals surface area contributed by atoms with Crippen LogP contribution in [0.15, 0.2) is 24.4 Å². The fourth-order valence-corrected chi connectivity index (χ4v) is 5.33. The van der Waals surface area contributed by atoms with Crippen LogP contribution in [-0.2, 0) is 6.42 Å². The van der Waals surface area contributed by atoms with Crippen molar-refractivity contribution in [3.8, 4) is 0 Å². The van der Waals surface area contributed by atoms with Gasteiger partial charge in [-0.3, -0.25) is 0 Å². The average molecular weight is 299 g/mol. The van der Waals surface area contributed by atoms with Crippen LogP contribution >= 0.6 is 0 Å². The lowest BCUT2D eigenvalue weighted by Crippen LogP contribution is -2.62. The molecule has 0 spiro atoms. The number of hydrogen-bond acceptors (Lipinski definition) is 1. The molecule has 1 saturated heterocycles. The molecule has 1 aromatic heterocycles. The molecule has 1 aliphatic carbocycles. The lowest BCUT2D eigenvalue weighted by Gasteiger charge is -2.52. The van der Waals surface area contributed by atoms with Gasteiger partial charge in [0.25, 0.3) is 0 Å². The third-order valence-corrected chi connectivity index (χ3v) is 6.17. The largest absolute Gasteiger partial charge is 0.396 e. The number of likely N-dealkylation sites (N-methyl/N-ethyl adjacent to an activating group) is 1. The molecule has 1 fully saturated rings. The summed E-state index contributed by atoms with van der Waals surface area (Å²) < 4.78 is 1.12. The first-order valence-electron chi connectivity index (χ1n) is 8.70. The van der Waals surface area contributed by atoms with E-state index in [0.717, 1.165) is 17.4 Å². The van der Waals surface area contributed by atoms with E-state index >= 15 is 0 Å². The molecule has 22 heavy (non-hydrogen) atoms. The molecule has 4 rings (SSSR count). The molecule has 2 heterocycles. The quantitative estimate of drug-likeness (QED) is 0.840. The summed E-state index contributed by atoms with van der Waals surface area (Å²) in [6.45, 7) is 4.96. The van der Waals surface area contributed by atoms with Crippen molar-refractivity contribution in [2.75, 3.05) is 26.7 Å². The lowest BCUT2D eigenvalue weighted by molar-refractivity contribution is -0.943. The summed E-state index contributed by atoms with van der Waals surface area (Å²) in [4.78, 5) is 3.46. The van der Waals surface area contributed by atoms with E-state index < -0.39 is 0 Å². The number of aromatic amines is 1. The highest BCUT2D eigenvalue weighted by Gasteiger charge is 2.48. The molecule has 2 unspecified atom stereocenters. The molecule has 1 aromatic carbocycles. The van der Waals surface area contributed by atoms with E-state index in [1.807, 2.05) is 0 Å². The summed E-state index contributed by atoms with van der Waals surface area (Å²) in [5, 5.41) is 11.3. The molecule has 118 valence electrons. The number of nitrogens with one attached hydrogen (secondary N) is 1. The zero-order valence-electron chi connectivity index (χ0n) is 13.7. The van der Waals surface area contributed by atoms with Gasteiger partial charge in [0.05, 0.1) is 32.8 Å². The zero-order chi connectivity index (χ0) is 15.3. The second-order valence-electron chi connectivity index (χ2n) is 7.63. The van der Waals surface area contributed by atoms with Crippen LogP contribution in [0.1, 0.15) is 36.8 Å². The van der Waals surface area contributed by atoms with Gasteiger partial charge in [0, 0.05) is 35.4 Å². The highest BCUT2D eigenvalue weighted by Crippen LogP contribution is 2.46. The average Bonchev–Trinajstić information content (AvgIpc) is 2.93. The van der Waals surface area contributed by atoms with Gasteiger partial charge in [-0.1, -0.05) is 19.1 Å². The van der Waals surface area contributed by atoms with Crippen LogP contribution in [0.2, 0.25) is 0 Å². The Morgan fingerprint density at radius 1 is 1.36 bits per heavy atom. The van der Waals surface area contributed by atoms with Crippen LogP contribution in [0.3, 0.4) is 0 Å². The van der Waals surface area contributed by atoms with Gasteiger partial charge < -0.3 is 14.6 Å². The van der Waals surface area contributed by atoms with Crippen molar-refractivity contribution in [3.05, 3.63) is 35.5 Å². The molecule has 2 aromatic rings. The van der Waals surface area contributed by atoms with Crippen molar-refractivity contribution >= 4 is 10.9 Å². The molecule has 3 heteroatoms. The fourth-order valence-electron chi connectivity index (χ4n) is 5.33. The second-order valence-corrected chi connectivity index (χ2v) is 7.63. The van der Waals surface area contributed by atoms with E-state index in [-0.39, 0.29) is 0 Å². The summed E-state index contributed by atoms with van der Waals surface area (Å²) in [5.41, 5.74) is 4.29. The number of quaternary nitrogens is 1. The third kappa shape index (κ3) is 1.95. The molecule has 2 N–H and O–H groups in total. The molecule has 1 aliphatic heterocycles. The zero-order valence-corrected chi connectivity index (χ0v) is 13.7. The lowest BCUT2D eigenvalue weighted by atomic mass is 9.71. The highest BCUT2D eigenvalue weighted by atomic mass is 16.3. The fraction of sp³-hybridized carbons (Fsp3) is 0.579. The van der Waals surface area contributed by atoms with Gasteiger partial charge in [0.2, 0.25) is 0 Å². The molecular formula is C19H27N2O+. The number of aliphatic hydroxyl groups excluding tert-OH is 1. The van der Waals surface area contributed by atoms with Crippen molar-refractivity contribution in [1.82, 2.24) is 4.98 Å². The molecule has 0 amide bonds. The van der Waals surface area contributed by atoms with E-state index in [0.29, 0.717) is 24.5 Å². The predicted molar refractivity (Wildman–Crippen MR) is 89.9 cm³/mol. The number of likely N-dealkylation sites (tertiary alicyclic amines) is 1. The first kappa shape index (κ1) is 14.3. The smallest absolute Gasteiger partial charge is 0.0999 e. The van der Waals surface area contributed by atoms with Crippen molar-refractivity contribution in [1.29, 1.82) is 0 Å².